The summed E-state index contributed by atoms with van der Waals surface area (Å²) in [6.07, 6.45) is 3.76. The molecule has 6 nitrogen and oxygen atoms in total. The maximum Gasteiger partial charge on any atom is 0.273 e. The van der Waals surface area contributed by atoms with E-state index in [0.717, 1.165) is 24.5 Å². The van der Waals surface area contributed by atoms with Crippen molar-refractivity contribution in [3.63, 3.8) is 0 Å². The van der Waals surface area contributed by atoms with Gasteiger partial charge in [-0.05, 0) is 25.0 Å². The van der Waals surface area contributed by atoms with Crippen LogP contribution in [0.1, 0.15) is 34.4 Å². The van der Waals surface area contributed by atoms with Gasteiger partial charge in [-0.25, -0.2) is 0 Å². The summed E-state index contributed by atoms with van der Waals surface area (Å²) in [4.78, 5) is 14.6. The highest BCUT2D eigenvalue weighted by atomic mass is 32.1. The summed E-state index contributed by atoms with van der Waals surface area (Å²) in [5.74, 6) is -0.213. The van der Waals surface area contributed by atoms with E-state index in [1.165, 1.54) is 11.3 Å². The van der Waals surface area contributed by atoms with Gasteiger partial charge in [0.05, 0.1) is 0 Å². The molecule has 94 valence electrons. The van der Waals surface area contributed by atoms with Gasteiger partial charge in [0.2, 0.25) is 5.13 Å². The predicted molar refractivity (Wildman–Crippen MR) is 66.6 cm³/mol. The van der Waals surface area contributed by atoms with Gasteiger partial charge in [-0.1, -0.05) is 11.3 Å². The van der Waals surface area contributed by atoms with Gasteiger partial charge in [-0.15, -0.1) is 10.2 Å². The smallest absolute Gasteiger partial charge is 0.273 e. The molecular formula is C11H12N4O2S. The number of aromatic nitrogens is 3. The molecule has 2 aromatic heterocycles. The van der Waals surface area contributed by atoms with E-state index in [2.05, 4.69) is 20.5 Å². The number of hydrogen-bond acceptors (Lipinski definition) is 5. The number of hydrogen-bond donors (Lipinski definition) is 2. The summed E-state index contributed by atoms with van der Waals surface area (Å²) >= 11 is 1.36. The molecule has 1 fully saturated rings. The maximum atomic E-state index is 11.8. The number of nitrogens with zero attached hydrogens (tertiary/aromatic N) is 2. The number of anilines is 1. The molecule has 1 amide bonds. The van der Waals surface area contributed by atoms with Crippen LogP contribution in [0, 0.1) is 0 Å². The standard InChI is InChI=1S/C11H12N4O2S/c16-9(7-3-1-5-12-7)13-11-15-14-10(18-11)8-4-2-6-17-8/h1,3,5,8,12H,2,4,6H2,(H,13,15,16). The van der Waals surface area contributed by atoms with Gasteiger partial charge in [0.25, 0.3) is 5.91 Å². The zero-order valence-electron chi connectivity index (χ0n) is 9.55. The van der Waals surface area contributed by atoms with Crippen LogP contribution in [-0.2, 0) is 4.74 Å². The van der Waals surface area contributed by atoms with Crippen LogP contribution in [0.25, 0.3) is 0 Å². The topological polar surface area (TPSA) is 79.9 Å². The number of carbonyl (C=O) groups excluding carboxylic acids is 1. The molecule has 0 radical (unpaired) electrons. The fraction of sp³-hybridized carbons (Fsp3) is 0.364. The molecule has 0 spiro atoms. The number of aromatic amines is 1. The first-order valence-corrected chi connectivity index (χ1v) is 6.54. The molecule has 7 heteroatoms. The Morgan fingerprint density at radius 1 is 1.56 bits per heavy atom. The lowest BCUT2D eigenvalue weighted by molar-refractivity contribution is 0.102. The largest absolute Gasteiger partial charge is 0.371 e. The number of H-pyrrole nitrogens is 1. The number of rotatable bonds is 3. The highest BCUT2D eigenvalue weighted by molar-refractivity contribution is 7.15. The van der Waals surface area contributed by atoms with Gasteiger partial charge in [0.15, 0.2) is 0 Å². The third kappa shape index (κ3) is 2.27. The van der Waals surface area contributed by atoms with Crippen molar-refractivity contribution in [3.8, 4) is 0 Å². The molecule has 2 aromatic rings. The predicted octanol–water partition coefficient (Wildman–Crippen LogP) is 1.97. The highest BCUT2D eigenvalue weighted by Gasteiger charge is 2.22. The lowest BCUT2D eigenvalue weighted by Gasteiger charge is -2.02. The molecule has 0 aromatic carbocycles. The Labute approximate surface area is 107 Å². The minimum atomic E-state index is -0.213. The Hall–Kier alpha value is -1.73. The molecule has 1 aliphatic rings. The van der Waals surface area contributed by atoms with Crippen LogP contribution in [0.3, 0.4) is 0 Å². The Morgan fingerprint density at radius 3 is 3.22 bits per heavy atom. The molecule has 3 rings (SSSR count). The van der Waals surface area contributed by atoms with Gasteiger partial charge in [-0.2, -0.15) is 0 Å². The van der Waals surface area contributed by atoms with E-state index in [0.29, 0.717) is 10.8 Å². The molecule has 3 heterocycles. The van der Waals surface area contributed by atoms with E-state index >= 15 is 0 Å². The Balaban J connectivity index is 1.68. The second-order valence-electron chi connectivity index (χ2n) is 3.99. The van der Waals surface area contributed by atoms with E-state index in [4.69, 9.17) is 4.74 Å². The van der Waals surface area contributed by atoms with Crippen LogP contribution in [0.2, 0.25) is 0 Å². The molecule has 18 heavy (non-hydrogen) atoms. The van der Waals surface area contributed by atoms with Crippen molar-refractivity contribution < 1.29 is 9.53 Å². The molecule has 0 bridgehead atoms. The van der Waals surface area contributed by atoms with E-state index < -0.39 is 0 Å². The monoisotopic (exact) mass is 264 g/mol. The van der Waals surface area contributed by atoms with Crippen molar-refractivity contribution in [1.82, 2.24) is 15.2 Å². The molecule has 2 N–H and O–H groups in total. The number of carbonyl (C=O) groups is 1. The second kappa shape index (κ2) is 4.87. The number of nitrogens with one attached hydrogen (secondary N) is 2. The maximum absolute atomic E-state index is 11.8. The lowest BCUT2D eigenvalue weighted by Crippen LogP contribution is -2.11. The van der Waals surface area contributed by atoms with Crippen molar-refractivity contribution >= 4 is 22.4 Å². The van der Waals surface area contributed by atoms with Crippen LogP contribution in [-0.4, -0.2) is 27.7 Å². The van der Waals surface area contributed by atoms with E-state index in [1.54, 1.807) is 18.3 Å². The third-order valence-electron chi connectivity index (χ3n) is 2.71. The van der Waals surface area contributed by atoms with Gasteiger partial charge in [0.1, 0.15) is 16.8 Å². The minimum Gasteiger partial charge on any atom is -0.371 e. The van der Waals surface area contributed by atoms with E-state index in [9.17, 15) is 4.79 Å². The lowest BCUT2D eigenvalue weighted by atomic mass is 10.2. The van der Waals surface area contributed by atoms with Gasteiger partial charge in [-0.3, -0.25) is 10.1 Å². The molecule has 1 saturated heterocycles. The van der Waals surface area contributed by atoms with Crippen molar-refractivity contribution in [2.45, 2.75) is 18.9 Å². The summed E-state index contributed by atoms with van der Waals surface area (Å²) in [7, 11) is 0. The second-order valence-corrected chi connectivity index (χ2v) is 4.99. The zero-order chi connectivity index (χ0) is 12.4. The Kier molecular flexibility index (Phi) is 3.07. The first-order chi connectivity index (χ1) is 8.83. The first-order valence-electron chi connectivity index (χ1n) is 5.72. The number of ether oxygens (including phenoxy) is 1. The molecular weight excluding hydrogens is 252 g/mol. The quantitative estimate of drug-likeness (QED) is 0.888. The van der Waals surface area contributed by atoms with Crippen molar-refractivity contribution in [2.75, 3.05) is 11.9 Å². The summed E-state index contributed by atoms with van der Waals surface area (Å²) in [5.41, 5.74) is 0.504. The average molecular weight is 264 g/mol. The fourth-order valence-electron chi connectivity index (χ4n) is 1.82. The van der Waals surface area contributed by atoms with Crippen LogP contribution >= 0.6 is 11.3 Å². The van der Waals surface area contributed by atoms with Gasteiger partial charge in [0, 0.05) is 12.8 Å². The highest BCUT2D eigenvalue weighted by Crippen LogP contribution is 2.31. The third-order valence-corrected chi connectivity index (χ3v) is 3.64. The summed E-state index contributed by atoms with van der Waals surface area (Å²) in [6.45, 7) is 0.772. The fourth-order valence-corrected chi connectivity index (χ4v) is 2.65. The summed E-state index contributed by atoms with van der Waals surface area (Å²) in [6, 6.07) is 3.48. The zero-order valence-corrected chi connectivity index (χ0v) is 10.4. The van der Waals surface area contributed by atoms with Crippen molar-refractivity contribution in [2.24, 2.45) is 0 Å². The summed E-state index contributed by atoms with van der Waals surface area (Å²) < 4.78 is 5.52. The number of amides is 1. The minimum absolute atomic E-state index is 0.0404. The Morgan fingerprint density at radius 2 is 2.50 bits per heavy atom. The van der Waals surface area contributed by atoms with Crippen LogP contribution in [0.5, 0.6) is 0 Å². The average Bonchev–Trinajstić information content (AvgIpc) is 3.12. The van der Waals surface area contributed by atoms with Gasteiger partial charge < -0.3 is 9.72 Å². The van der Waals surface area contributed by atoms with Crippen molar-refractivity contribution in [1.29, 1.82) is 0 Å². The molecule has 1 atom stereocenters. The summed E-state index contributed by atoms with van der Waals surface area (Å²) in [5, 5.41) is 12.0. The van der Waals surface area contributed by atoms with Crippen LogP contribution in [0.4, 0.5) is 5.13 Å². The molecule has 0 aliphatic carbocycles. The molecule has 1 aliphatic heterocycles. The molecule has 0 saturated carbocycles. The van der Waals surface area contributed by atoms with E-state index in [1.807, 2.05) is 0 Å². The molecule has 1 unspecified atom stereocenters. The first kappa shape index (κ1) is 11.4. The Bertz CT molecular complexity index is 531. The normalized spacial score (nSPS) is 19.0. The van der Waals surface area contributed by atoms with Crippen LogP contribution in [0.15, 0.2) is 18.3 Å². The SMILES string of the molecule is O=C(Nc1nnc(C2CCCO2)s1)c1ccc[nH]1. The van der Waals surface area contributed by atoms with Crippen LogP contribution < -0.4 is 5.32 Å². The van der Waals surface area contributed by atoms with Crippen molar-refractivity contribution in [3.05, 3.63) is 29.0 Å². The van der Waals surface area contributed by atoms with E-state index in [-0.39, 0.29) is 12.0 Å². The van der Waals surface area contributed by atoms with Gasteiger partial charge >= 0.3 is 0 Å².